The van der Waals surface area contributed by atoms with Crippen LogP contribution in [-0.2, 0) is 6.42 Å². The van der Waals surface area contributed by atoms with Crippen LogP contribution in [0.4, 0.5) is 5.82 Å². The number of anilines is 1. The van der Waals surface area contributed by atoms with Gasteiger partial charge in [-0.1, -0.05) is 37.6 Å². The molecular weight excluding hydrogens is 292 g/mol. The lowest BCUT2D eigenvalue weighted by molar-refractivity contribution is 0.102. The number of benzene rings is 1. The zero-order valence-corrected chi connectivity index (χ0v) is 13.5. The highest BCUT2D eigenvalue weighted by Crippen LogP contribution is 2.32. The van der Waals surface area contributed by atoms with E-state index in [2.05, 4.69) is 29.4 Å². The Kier molecular flexibility index (Phi) is 4.20. The molecule has 0 atom stereocenters. The van der Waals surface area contributed by atoms with Gasteiger partial charge in [0.1, 0.15) is 5.82 Å². The zero-order valence-electron chi connectivity index (χ0n) is 12.7. The van der Waals surface area contributed by atoms with E-state index >= 15 is 0 Å². The summed E-state index contributed by atoms with van der Waals surface area (Å²) in [4.78, 5) is 17.7. The molecule has 0 unspecified atom stereocenters. The van der Waals surface area contributed by atoms with Gasteiger partial charge in [0.15, 0.2) is 0 Å². The van der Waals surface area contributed by atoms with Crippen LogP contribution in [0, 0.1) is 6.92 Å². The lowest BCUT2D eigenvalue weighted by Crippen LogP contribution is -2.13. The number of amides is 1. The number of carbonyl (C=O) groups is 1. The fourth-order valence-electron chi connectivity index (χ4n) is 2.50. The van der Waals surface area contributed by atoms with Crippen LogP contribution in [-0.4, -0.2) is 10.9 Å². The van der Waals surface area contributed by atoms with E-state index in [1.165, 1.54) is 5.39 Å². The summed E-state index contributed by atoms with van der Waals surface area (Å²) in [7, 11) is 0. The van der Waals surface area contributed by atoms with E-state index < -0.39 is 0 Å². The van der Waals surface area contributed by atoms with Crippen molar-refractivity contribution in [1.82, 2.24) is 4.98 Å². The smallest absolute Gasteiger partial charge is 0.267 e. The predicted molar refractivity (Wildman–Crippen MR) is 92.7 cm³/mol. The largest absolute Gasteiger partial charge is 0.306 e. The summed E-state index contributed by atoms with van der Waals surface area (Å²) >= 11 is 1.55. The van der Waals surface area contributed by atoms with E-state index in [1.54, 1.807) is 17.5 Å². The van der Waals surface area contributed by atoms with Gasteiger partial charge in [-0.25, -0.2) is 4.98 Å². The molecule has 3 nitrogen and oxygen atoms in total. The predicted octanol–water partition coefficient (Wildman–Crippen LogP) is 4.81. The van der Waals surface area contributed by atoms with Gasteiger partial charge >= 0.3 is 0 Å². The molecule has 0 fully saturated rings. The van der Waals surface area contributed by atoms with Gasteiger partial charge in [-0.05, 0) is 42.0 Å². The number of pyridine rings is 1. The third-order valence-electron chi connectivity index (χ3n) is 3.56. The number of fused-ring (bicyclic) bond motifs is 1. The van der Waals surface area contributed by atoms with E-state index in [9.17, 15) is 4.79 Å². The van der Waals surface area contributed by atoms with Crippen molar-refractivity contribution in [2.75, 3.05) is 5.32 Å². The van der Waals surface area contributed by atoms with Crippen molar-refractivity contribution in [3.63, 3.8) is 0 Å². The highest BCUT2D eigenvalue weighted by Gasteiger charge is 2.18. The maximum atomic E-state index is 12.6. The molecule has 1 amide bonds. The van der Waals surface area contributed by atoms with E-state index in [1.807, 2.05) is 31.2 Å². The van der Waals surface area contributed by atoms with Crippen LogP contribution < -0.4 is 5.32 Å². The molecule has 3 aromatic rings. The average Bonchev–Trinajstić information content (AvgIpc) is 2.89. The Bertz CT molecular complexity index is 806. The Labute approximate surface area is 134 Å². The molecule has 2 aromatic heterocycles. The Morgan fingerprint density at radius 3 is 2.77 bits per heavy atom. The Hall–Kier alpha value is -2.20. The van der Waals surface area contributed by atoms with Crippen molar-refractivity contribution >= 4 is 33.1 Å². The summed E-state index contributed by atoms with van der Waals surface area (Å²) in [6, 6.07) is 12.0. The van der Waals surface area contributed by atoms with Gasteiger partial charge in [-0.2, -0.15) is 0 Å². The number of rotatable bonds is 4. The first-order chi connectivity index (χ1) is 10.7. The van der Waals surface area contributed by atoms with Crippen molar-refractivity contribution in [2.45, 2.75) is 26.7 Å². The number of hydrogen-bond donors (Lipinski definition) is 1. The first-order valence-corrected chi connectivity index (χ1v) is 8.25. The molecule has 1 aromatic carbocycles. The summed E-state index contributed by atoms with van der Waals surface area (Å²) < 4.78 is 1.16. The van der Waals surface area contributed by atoms with Crippen LogP contribution in [0.5, 0.6) is 0 Å². The van der Waals surface area contributed by atoms with E-state index in [0.717, 1.165) is 33.5 Å². The van der Waals surface area contributed by atoms with Gasteiger partial charge in [-0.15, -0.1) is 11.3 Å². The standard InChI is InChI=1S/C18H18N2OS/c1-3-6-14-13-7-4-5-8-15(13)22-17(14)18(21)20-16-10-9-12(2)11-19-16/h4-5,7-11H,3,6H2,1-2H3,(H,19,20,21). The van der Waals surface area contributed by atoms with Crippen LogP contribution in [0.15, 0.2) is 42.6 Å². The molecule has 4 heteroatoms. The lowest BCUT2D eigenvalue weighted by Gasteiger charge is -2.05. The van der Waals surface area contributed by atoms with Crippen molar-refractivity contribution in [3.8, 4) is 0 Å². The first-order valence-electron chi connectivity index (χ1n) is 7.43. The fourth-order valence-corrected chi connectivity index (χ4v) is 3.64. The van der Waals surface area contributed by atoms with Gasteiger partial charge < -0.3 is 5.32 Å². The summed E-state index contributed by atoms with van der Waals surface area (Å²) in [6.45, 7) is 4.11. The first kappa shape index (κ1) is 14.7. The number of hydrogen-bond acceptors (Lipinski definition) is 3. The molecule has 0 radical (unpaired) electrons. The number of aromatic nitrogens is 1. The van der Waals surface area contributed by atoms with Gasteiger partial charge in [-0.3, -0.25) is 4.79 Å². The second-order valence-corrected chi connectivity index (χ2v) is 6.38. The van der Waals surface area contributed by atoms with Crippen LogP contribution in [0.3, 0.4) is 0 Å². The van der Waals surface area contributed by atoms with E-state index in [-0.39, 0.29) is 5.91 Å². The number of carbonyl (C=O) groups excluding carboxylic acids is 1. The minimum absolute atomic E-state index is 0.0685. The number of nitrogens with one attached hydrogen (secondary N) is 1. The monoisotopic (exact) mass is 310 g/mol. The molecule has 0 saturated heterocycles. The van der Waals surface area contributed by atoms with Crippen molar-refractivity contribution in [2.24, 2.45) is 0 Å². The molecule has 2 heterocycles. The molecular formula is C18H18N2OS. The molecule has 0 aliphatic rings. The summed E-state index contributed by atoms with van der Waals surface area (Å²) in [5, 5.41) is 4.10. The molecule has 3 rings (SSSR count). The highest BCUT2D eigenvalue weighted by molar-refractivity contribution is 7.21. The normalized spacial score (nSPS) is 10.8. The van der Waals surface area contributed by atoms with Crippen molar-refractivity contribution in [3.05, 3.63) is 58.6 Å². The zero-order chi connectivity index (χ0) is 15.5. The molecule has 0 bridgehead atoms. The second-order valence-electron chi connectivity index (χ2n) is 5.33. The van der Waals surface area contributed by atoms with E-state index in [4.69, 9.17) is 0 Å². The number of nitrogens with zero attached hydrogens (tertiary/aromatic N) is 1. The van der Waals surface area contributed by atoms with Gasteiger partial charge in [0.25, 0.3) is 5.91 Å². The molecule has 1 N–H and O–H groups in total. The van der Waals surface area contributed by atoms with Crippen LogP contribution in [0.1, 0.15) is 34.1 Å². The number of aryl methyl sites for hydroxylation is 2. The topological polar surface area (TPSA) is 42.0 Å². The van der Waals surface area contributed by atoms with Crippen molar-refractivity contribution in [1.29, 1.82) is 0 Å². The molecule has 0 saturated carbocycles. The van der Waals surface area contributed by atoms with Crippen LogP contribution in [0.2, 0.25) is 0 Å². The molecule has 112 valence electrons. The van der Waals surface area contributed by atoms with Gasteiger partial charge in [0.05, 0.1) is 4.88 Å². The van der Waals surface area contributed by atoms with E-state index in [0.29, 0.717) is 5.82 Å². The minimum Gasteiger partial charge on any atom is -0.306 e. The van der Waals surface area contributed by atoms with Crippen molar-refractivity contribution < 1.29 is 4.79 Å². The summed E-state index contributed by atoms with van der Waals surface area (Å²) in [6.07, 6.45) is 3.69. The van der Waals surface area contributed by atoms with Crippen LogP contribution in [0.25, 0.3) is 10.1 Å². The second kappa shape index (κ2) is 6.28. The fraction of sp³-hybridized carbons (Fsp3) is 0.222. The molecule has 0 spiro atoms. The highest BCUT2D eigenvalue weighted by atomic mass is 32.1. The maximum Gasteiger partial charge on any atom is 0.267 e. The lowest BCUT2D eigenvalue weighted by atomic mass is 10.1. The van der Waals surface area contributed by atoms with Gasteiger partial charge in [0, 0.05) is 10.9 Å². The summed E-state index contributed by atoms with van der Waals surface area (Å²) in [5.74, 6) is 0.525. The quantitative estimate of drug-likeness (QED) is 0.751. The van der Waals surface area contributed by atoms with Crippen LogP contribution >= 0.6 is 11.3 Å². The number of thiophene rings is 1. The molecule has 0 aliphatic carbocycles. The minimum atomic E-state index is -0.0685. The molecule has 22 heavy (non-hydrogen) atoms. The third-order valence-corrected chi connectivity index (χ3v) is 4.77. The average molecular weight is 310 g/mol. The SMILES string of the molecule is CCCc1c(C(=O)Nc2ccc(C)cn2)sc2ccccc12. The molecule has 0 aliphatic heterocycles. The Morgan fingerprint density at radius 1 is 1.23 bits per heavy atom. The van der Waals surface area contributed by atoms with Gasteiger partial charge in [0.2, 0.25) is 0 Å². The summed E-state index contributed by atoms with van der Waals surface area (Å²) in [5.41, 5.74) is 2.22. The third kappa shape index (κ3) is 2.88. The Balaban J connectivity index is 1.96. The Morgan fingerprint density at radius 2 is 2.05 bits per heavy atom. The maximum absolute atomic E-state index is 12.6.